The second kappa shape index (κ2) is 4.77. The maximum atomic E-state index is 5.07. The third-order valence-corrected chi connectivity index (χ3v) is 2.10. The molecule has 0 saturated carbocycles. The summed E-state index contributed by atoms with van der Waals surface area (Å²) in [6, 6.07) is 1.73. The van der Waals surface area contributed by atoms with Crippen LogP contribution in [0, 0.1) is 6.92 Å². The highest BCUT2D eigenvalue weighted by molar-refractivity contribution is 5.38. The van der Waals surface area contributed by atoms with E-state index >= 15 is 0 Å². The van der Waals surface area contributed by atoms with Crippen LogP contribution in [0.5, 0.6) is 5.88 Å². The van der Waals surface area contributed by atoms with E-state index in [-0.39, 0.29) is 0 Å². The third kappa shape index (κ3) is 2.90. The topological polar surface area (TPSA) is 77.8 Å². The van der Waals surface area contributed by atoms with Gasteiger partial charge in [-0.3, -0.25) is 4.68 Å². The normalized spacial score (nSPS) is 10.3. The average Bonchev–Trinajstić information content (AvgIpc) is 2.72. The lowest BCUT2D eigenvalue weighted by molar-refractivity contribution is 0.396. The fourth-order valence-corrected chi connectivity index (χ4v) is 1.37. The van der Waals surface area contributed by atoms with Crippen LogP contribution in [-0.4, -0.2) is 31.8 Å². The van der Waals surface area contributed by atoms with Crippen LogP contribution in [0.2, 0.25) is 0 Å². The van der Waals surface area contributed by atoms with Crippen LogP contribution in [-0.2, 0) is 13.6 Å². The van der Waals surface area contributed by atoms with E-state index in [2.05, 4.69) is 25.4 Å². The van der Waals surface area contributed by atoms with E-state index in [1.54, 1.807) is 24.2 Å². The molecule has 7 nitrogen and oxygen atoms in total. The number of rotatable bonds is 4. The monoisotopic (exact) mass is 234 g/mol. The molecule has 90 valence electrons. The minimum Gasteiger partial charge on any atom is -0.481 e. The smallest absolute Gasteiger partial charge is 0.218 e. The molecule has 0 amide bonds. The number of hydrogen-bond donors (Lipinski definition) is 1. The summed E-state index contributed by atoms with van der Waals surface area (Å²) >= 11 is 0. The molecule has 0 atom stereocenters. The maximum absolute atomic E-state index is 5.07. The molecule has 0 fully saturated rings. The molecule has 0 aliphatic heterocycles. The van der Waals surface area contributed by atoms with Crippen molar-refractivity contribution in [2.75, 3.05) is 12.4 Å². The number of ether oxygens (including phenoxy) is 1. The van der Waals surface area contributed by atoms with Gasteiger partial charge in [-0.1, -0.05) is 0 Å². The maximum Gasteiger partial charge on any atom is 0.218 e. The van der Waals surface area contributed by atoms with E-state index in [9.17, 15) is 0 Å². The summed E-state index contributed by atoms with van der Waals surface area (Å²) < 4.78 is 6.72. The van der Waals surface area contributed by atoms with E-state index in [4.69, 9.17) is 4.74 Å². The van der Waals surface area contributed by atoms with Gasteiger partial charge in [0.05, 0.1) is 13.7 Å². The number of methoxy groups -OCH3 is 1. The van der Waals surface area contributed by atoms with E-state index in [1.165, 1.54) is 0 Å². The van der Waals surface area contributed by atoms with Crippen LogP contribution in [0.25, 0.3) is 0 Å². The predicted octanol–water partition coefficient (Wildman–Crippen LogP) is 0.534. The summed E-state index contributed by atoms with van der Waals surface area (Å²) in [4.78, 5) is 12.5. The van der Waals surface area contributed by atoms with Crippen molar-refractivity contribution in [2.24, 2.45) is 7.05 Å². The van der Waals surface area contributed by atoms with E-state index < -0.39 is 0 Å². The number of nitrogens with zero attached hydrogens (tertiary/aromatic N) is 5. The molecule has 0 aliphatic rings. The van der Waals surface area contributed by atoms with Gasteiger partial charge >= 0.3 is 0 Å². The Bertz CT molecular complexity index is 509. The largest absolute Gasteiger partial charge is 0.481 e. The van der Waals surface area contributed by atoms with Crippen molar-refractivity contribution in [2.45, 2.75) is 13.5 Å². The highest BCUT2D eigenvalue weighted by Crippen LogP contribution is 2.12. The molecule has 1 N–H and O–H groups in total. The number of nitrogens with one attached hydrogen (secondary N) is 1. The lowest BCUT2D eigenvalue weighted by atomic mass is 10.5. The van der Waals surface area contributed by atoms with Crippen LogP contribution in [0.15, 0.2) is 12.4 Å². The third-order valence-electron chi connectivity index (χ3n) is 2.10. The molecule has 2 rings (SSSR count). The van der Waals surface area contributed by atoms with Gasteiger partial charge in [-0.15, -0.1) is 0 Å². The summed E-state index contributed by atoms with van der Waals surface area (Å²) in [5, 5.41) is 7.28. The van der Waals surface area contributed by atoms with Gasteiger partial charge in [-0.25, -0.2) is 9.97 Å². The van der Waals surface area contributed by atoms with Crippen molar-refractivity contribution in [3.63, 3.8) is 0 Å². The molecule has 2 aromatic rings. The van der Waals surface area contributed by atoms with Crippen molar-refractivity contribution in [1.82, 2.24) is 24.7 Å². The van der Waals surface area contributed by atoms with Crippen LogP contribution < -0.4 is 10.1 Å². The van der Waals surface area contributed by atoms with Gasteiger partial charge < -0.3 is 10.1 Å². The zero-order valence-corrected chi connectivity index (χ0v) is 10.0. The second-order valence-corrected chi connectivity index (χ2v) is 3.53. The van der Waals surface area contributed by atoms with E-state index in [1.807, 2.05) is 14.0 Å². The molecular weight excluding hydrogens is 220 g/mol. The zero-order valence-electron chi connectivity index (χ0n) is 10.0. The molecule has 17 heavy (non-hydrogen) atoms. The molecule has 0 spiro atoms. The lowest BCUT2D eigenvalue weighted by Gasteiger charge is -2.05. The Balaban J connectivity index is 2.05. The molecular formula is C10H14N6O. The summed E-state index contributed by atoms with van der Waals surface area (Å²) in [5.41, 5.74) is 0. The zero-order chi connectivity index (χ0) is 12.3. The van der Waals surface area contributed by atoms with Crippen LogP contribution in [0.4, 0.5) is 5.82 Å². The minimum atomic E-state index is 0.514. The first-order valence-electron chi connectivity index (χ1n) is 5.15. The lowest BCUT2D eigenvalue weighted by Crippen LogP contribution is -2.05. The van der Waals surface area contributed by atoms with Crippen molar-refractivity contribution >= 4 is 5.82 Å². The summed E-state index contributed by atoms with van der Waals surface area (Å²) in [5.74, 6) is 2.60. The van der Waals surface area contributed by atoms with Crippen LogP contribution in [0.3, 0.4) is 0 Å². The molecule has 2 heterocycles. The number of anilines is 1. The summed E-state index contributed by atoms with van der Waals surface area (Å²) in [6.45, 7) is 2.33. The molecule has 0 radical (unpaired) electrons. The van der Waals surface area contributed by atoms with Gasteiger partial charge in [0.25, 0.3) is 0 Å². The van der Waals surface area contributed by atoms with Crippen molar-refractivity contribution < 1.29 is 4.74 Å². The Labute approximate surface area is 98.9 Å². The molecule has 0 saturated heterocycles. The summed E-state index contributed by atoms with van der Waals surface area (Å²) in [7, 11) is 3.40. The van der Waals surface area contributed by atoms with E-state index in [0.29, 0.717) is 29.9 Å². The van der Waals surface area contributed by atoms with Crippen molar-refractivity contribution in [1.29, 1.82) is 0 Å². The van der Waals surface area contributed by atoms with Gasteiger partial charge in [0.15, 0.2) is 5.82 Å². The van der Waals surface area contributed by atoms with Gasteiger partial charge in [-0.2, -0.15) is 10.1 Å². The highest BCUT2D eigenvalue weighted by Gasteiger charge is 2.03. The summed E-state index contributed by atoms with van der Waals surface area (Å²) in [6.07, 6.45) is 1.66. The first-order chi connectivity index (χ1) is 8.17. The van der Waals surface area contributed by atoms with Gasteiger partial charge in [0, 0.05) is 13.1 Å². The first kappa shape index (κ1) is 11.3. The Hall–Kier alpha value is -2.18. The van der Waals surface area contributed by atoms with E-state index in [0.717, 1.165) is 0 Å². The first-order valence-corrected chi connectivity index (χ1v) is 5.15. The van der Waals surface area contributed by atoms with Gasteiger partial charge in [-0.05, 0) is 6.92 Å². The van der Waals surface area contributed by atoms with Crippen molar-refractivity contribution in [3.8, 4) is 5.88 Å². The fourth-order valence-electron chi connectivity index (χ4n) is 1.37. The minimum absolute atomic E-state index is 0.514. The number of hydrogen-bond acceptors (Lipinski definition) is 6. The quantitative estimate of drug-likeness (QED) is 0.831. The number of aromatic nitrogens is 5. The Morgan fingerprint density at radius 2 is 2.24 bits per heavy atom. The molecule has 0 unspecified atom stereocenters. The molecule has 0 bridgehead atoms. The predicted molar refractivity (Wildman–Crippen MR) is 61.7 cm³/mol. The van der Waals surface area contributed by atoms with Crippen LogP contribution >= 0.6 is 0 Å². The standard InChI is InChI=1S/C10H14N6O/c1-7-13-8(4-10(14-7)17-3)11-5-9-12-6-16(2)15-9/h4,6H,5H2,1-3H3,(H,11,13,14). The molecule has 7 heteroatoms. The highest BCUT2D eigenvalue weighted by atomic mass is 16.5. The Morgan fingerprint density at radius 1 is 1.41 bits per heavy atom. The molecule has 0 aromatic carbocycles. The Morgan fingerprint density at radius 3 is 2.88 bits per heavy atom. The average molecular weight is 234 g/mol. The number of aryl methyl sites for hydroxylation is 2. The fraction of sp³-hybridized carbons (Fsp3) is 0.400. The second-order valence-electron chi connectivity index (χ2n) is 3.53. The van der Waals surface area contributed by atoms with Gasteiger partial charge in [0.2, 0.25) is 5.88 Å². The van der Waals surface area contributed by atoms with Crippen LogP contribution in [0.1, 0.15) is 11.6 Å². The molecule has 0 aliphatic carbocycles. The SMILES string of the molecule is COc1cc(NCc2ncn(C)n2)nc(C)n1. The van der Waals surface area contributed by atoms with Crippen molar-refractivity contribution in [3.05, 3.63) is 24.0 Å². The Kier molecular flexibility index (Phi) is 3.17. The molecule has 2 aromatic heterocycles. The van der Waals surface area contributed by atoms with Gasteiger partial charge in [0.1, 0.15) is 18.0 Å².